The minimum absolute atomic E-state index is 0.0267. The van der Waals surface area contributed by atoms with Gasteiger partial charge >= 0.3 is 0 Å². The molecule has 0 radical (unpaired) electrons. The largest absolute Gasteiger partial charge is 0.309 e. The number of fused-ring (bicyclic) bond motifs is 3. The minimum Gasteiger partial charge on any atom is -0.309 e. The molecule has 1 saturated carbocycles. The summed E-state index contributed by atoms with van der Waals surface area (Å²) in [5.74, 6) is -0.558. The van der Waals surface area contributed by atoms with Gasteiger partial charge in [0, 0.05) is 41.6 Å². The Morgan fingerprint density at radius 2 is 1.97 bits per heavy atom. The molecule has 0 bridgehead atoms. The van der Waals surface area contributed by atoms with Gasteiger partial charge in [0.2, 0.25) is 15.9 Å². The Morgan fingerprint density at radius 3 is 2.72 bits per heavy atom. The van der Waals surface area contributed by atoms with E-state index in [-0.39, 0.29) is 30.7 Å². The lowest BCUT2D eigenvalue weighted by molar-refractivity contribution is -0.123. The number of hydrogen-bond acceptors (Lipinski definition) is 5. The minimum atomic E-state index is -3.78. The second kappa shape index (κ2) is 8.01. The number of halogens is 1. The summed E-state index contributed by atoms with van der Waals surface area (Å²) in [6.07, 6.45) is 4.65. The molecule has 0 N–H and O–H groups in total. The number of pyridine rings is 1. The molecule has 7 nitrogen and oxygen atoms in total. The second-order valence-corrected chi connectivity index (χ2v) is 12.8. The molecule has 3 aromatic rings. The Bertz CT molecular complexity index is 1560. The van der Waals surface area contributed by atoms with Gasteiger partial charge in [0.25, 0.3) is 0 Å². The molecule has 1 aliphatic carbocycles. The van der Waals surface area contributed by atoms with Gasteiger partial charge in [0.15, 0.2) is 0 Å². The third-order valence-corrected chi connectivity index (χ3v) is 10.3. The van der Waals surface area contributed by atoms with Crippen LogP contribution < -0.4 is 4.90 Å². The summed E-state index contributed by atoms with van der Waals surface area (Å²) in [6, 6.07) is 15.3. The number of nitriles is 1. The SMILES string of the molecule is CC1CN(c2cncc3ccccc23)C(=O)C12CN(S(=O)(=O)CC1(C#N)CC1)Cc1ccc(Cl)cc12. The van der Waals surface area contributed by atoms with Crippen LogP contribution in [-0.4, -0.2) is 42.5 Å². The molecule has 6 rings (SSSR count). The third kappa shape index (κ3) is 3.45. The molecular weight excluding hydrogens is 496 g/mol. The van der Waals surface area contributed by atoms with Gasteiger partial charge in [-0.3, -0.25) is 9.78 Å². The quantitative estimate of drug-likeness (QED) is 0.512. The fraction of sp³-hybridized carbons (Fsp3) is 0.370. The van der Waals surface area contributed by atoms with Crippen LogP contribution in [0.15, 0.2) is 54.9 Å². The van der Waals surface area contributed by atoms with Gasteiger partial charge in [-0.25, -0.2) is 8.42 Å². The standard InChI is InChI=1S/C27H25ClN4O3S/c1-18-13-32(24-12-30-11-19-4-2-3-5-22(19)24)25(33)27(18)16-31(14-20-6-7-21(28)10-23(20)27)36(34,35)17-26(15-29)8-9-26/h2-7,10-12,18H,8-9,13-14,16-17H2,1H3. The number of anilines is 1. The molecule has 1 saturated heterocycles. The number of benzene rings is 2. The summed E-state index contributed by atoms with van der Waals surface area (Å²) in [5, 5.41) is 11.9. The molecule has 2 aliphatic heterocycles. The van der Waals surface area contributed by atoms with Crippen molar-refractivity contribution in [2.24, 2.45) is 11.3 Å². The van der Waals surface area contributed by atoms with E-state index in [1.165, 1.54) is 4.31 Å². The van der Waals surface area contributed by atoms with Gasteiger partial charge in [0.1, 0.15) is 0 Å². The lowest BCUT2D eigenvalue weighted by Crippen LogP contribution is -2.55. The highest BCUT2D eigenvalue weighted by Gasteiger charge is 2.59. The van der Waals surface area contributed by atoms with Crippen LogP contribution in [0.1, 0.15) is 30.9 Å². The Kier molecular flexibility index (Phi) is 5.21. The van der Waals surface area contributed by atoms with E-state index in [0.717, 1.165) is 21.9 Å². The fourth-order valence-corrected chi connectivity index (χ4v) is 8.02. The number of amides is 1. The van der Waals surface area contributed by atoms with Crippen LogP contribution in [0.4, 0.5) is 5.69 Å². The van der Waals surface area contributed by atoms with E-state index in [9.17, 15) is 18.5 Å². The van der Waals surface area contributed by atoms with Crippen molar-refractivity contribution in [2.45, 2.75) is 31.7 Å². The maximum atomic E-state index is 14.4. The summed E-state index contributed by atoms with van der Waals surface area (Å²) < 4.78 is 28.6. The van der Waals surface area contributed by atoms with Crippen molar-refractivity contribution >= 4 is 44.0 Å². The van der Waals surface area contributed by atoms with Crippen LogP contribution in [0.25, 0.3) is 10.8 Å². The van der Waals surface area contributed by atoms with E-state index in [1.54, 1.807) is 23.4 Å². The zero-order valence-electron chi connectivity index (χ0n) is 19.8. The number of carbonyl (C=O) groups is 1. The Balaban J connectivity index is 1.47. The van der Waals surface area contributed by atoms with Gasteiger partial charge in [-0.2, -0.15) is 9.57 Å². The smallest absolute Gasteiger partial charge is 0.239 e. The fourth-order valence-electron chi connectivity index (χ4n) is 5.88. The van der Waals surface area contributed by atoms with Gasteiger partial charge in [-0.15, -0.1) is 0 Å². The molecule has 3 heterocycles. The Morgan fingerprint density at radius 1 is 1.19 bits per heavy atom. The van der Waals surface area contributed by atoms with Crippen molar-refractivity contribution in [3.05, 3.63) is 71.0 Å². The molecule has 2 fully saturated rings. The van der Waals surface area contributed by atoms with Gasteiger partial charge < -0.3 is 4.90 Å². The number of hydrogen-bond donors (Lipinski definition) is 0. The zero-order chi connectivity index (χ0) is 25.3. The number of rotatable bonds is 4. The van der Waals surface area contributed by atoms with E-state index >= 15 is 0 Å². The summed E-state index contributed by atoms with van der Waals surface area (Å²) >= 11 is 6.40. The van der Waals surface area contributed by atoms with E-state index in [1.807, 2.05) is 43.3 Å². The van der Waals surface area contributed by atoms with E-state index in [2.05, 4.69) is 11.1 Å². The number of sulfonamides is 1. The predicted octanol–water partition coefficient (Wildman–Crippen LogP) is 4.26. The summed E-state index contributed by atoms with van der Waals surface area (Å²) in [6.45, 7) is 2.61. The molecule has 184 valence electrons. The molecule has 1 spiro atoms. The first-order valence-corrected chi connectivity index (χ1v) is 14.0. The van der Waals surface area contributed by atoms with Crippen LogP contribution in [0.3, 0.4) is 0 Å². The van der Waals surface area contributed by atoms with E-state index < -0.39 is 20.9 Å². The predicted molar refractivity (Wildman–Crippen MR) is 138 cm³/mol. The van der Waals surface area contributed by atoms with Crippen molar-refractivity contribution in [1.29, 1.82) is 5.26 Å². The van der Waals surface area contributed by atoms with Crippen LogP contribution in [-0.2, 0) is 26.8 Å². The molecule has 9 heteroatoms. The molecule has 2 atom stereocenters. The van der Waals surface area contributed by atoms with Crippen LogP contribution in [0.2, 0.25) is 5.02 Å². The van der Waals surface area contributed by atoms with E-state index in [0.29, 0.717) is 30.1 Å². The van der Waals surface area contributed by atoms with Crippen LogP contribution in [0.5, 0.6) is 0 Å². The number of carbonyl (C=O) groups excluding carboxylic acids is 1. The van der Waals surface area contributed by atoms with Crippen molar-refractivity contribution in [2.75, 3.05) is 23.7 Å². The molecule has 2 aromatic carbocycles. The highest BCUT2D eigenvalue weighted by atomic mass is 35.5. The average Bonchev–Trinajstić information content (AvgIpc) is 3.59. The number of aromatic nitrogens is 1. The molecule has 3 aliphatic rings. The Labute approximate surface area is 215 Å². The first-order valence-electron chi connectivity index (χ1n) is 12.0. The van der Waals surface area contributed by atoms with Crippen molar-refractivity contribution in [3.63, 3.8) is 0 Å². The summed E-state index contributed by atoms with van der Waals surface area (Å²) in [5.41, 5.74) is 0.376. The Hall–Kier alpha value is -2.99. The molecule has 1 amide bonds. The van der Waals surface area contributed by atoms with Crippen LogP contribution in [0, 0.1) is 22.7 Å². The molecular formula is C27H25ClN4O3S. The maximum Gasteiger partial charge on any atom is 0.239 e. The van der Waals surface area contributed by atoms with Gasteiger partial charge in [-0.1, -0.05) is 48.9 Å². The van der Waals surface area contributed by atoms with Gasteiger partial charge in [0.05, 0.1) is 34.5 Å². The average molecular weight is 521 g/mol. The topological polar surface area (TPSA) is 94.4 Å². The van der Waals surface area contributed by atoms with Crippen molar-refractivity contribution in [1.82, 2.24) is 9.29 Å². The lowest BCUT2D eigenvalue weighted by atomic mass is 9.69. The van der Waals surface area contributed by atoms with Crippen LogP contribution >= 0.6 is 11.6 Å². The highest BCUT2D eigenvalue weighted by Crippen LogP contribution is 2.50. The van der Waals surface area contributed by atoms with E-state index in [4.69, 9.17) is 11.6 Å². The monoisotopic (exact) mass is 520 g/mol. The second-order valence-electron chi connectivity index (χ2n) is 10.4. The normalized spacial score (nSPS) is 25.2. The summed E-state index contributed by atoms with van der Waals surface area (Å²) in [7, 11) is -3.78. The number of nitrogens with zero attached hydrogens (tertiary/aromatic N) is 4. The zero-order valence-corrected chi connectivity index (χ0v) is 21.4. The van der Waals surface area contributed by atoms with Crippen molar-refractivity contribution in [3.8, 4) is 6.07 Å². The first-order chi connectivity index (χ1) is 17.2. The van der Waals surface area contributed by atoms with Crippen molar-refractivity contribution < 1.29 is 13.2 Å². The first kappa shape index (κ1) is 23.4. The third-order valence-electron chi connectivity index (χ3n) is 8.13. The maximum absolute atomic E-state index is 14.4. The molecule has 1 aromatic heterocycles. The summed E-state index contributed by atoms with van der Waals surface area (Å²) in [4.78, 5) is 20.5. The van der Waals surface area contributed by atoms with Gasteiger partial charge in [-0.05, 0) is 42.0 Å². The molecule has 36 heavy (non-hydrogen) atoms. The molecule has 2 unspecified atom stereocenters. The highest BCUT2D eigenvalue weighted by molar-refractivity contribution is 7.89. The lowest BCUT2D eigenvalue weighted by Gasteiger charge is -2.42.